The fourth-order valence-corrected chi connectivity index (χ4v) is 2.52. The molecule has 0 aromatic heterocycles. The second kappa shape index (κ2) is 4.93. The smallest absolute Gasteiger partial charge is 0.252 e. The molecule has 1 fully saturated rings. The first-order chi connectivity index (χ1) is 8.86. The van der Waals surface area contributed by atoms with Crippen LogP contribution in [0.2, 0.25) is 0 Å². The van der Waals surface area contributed by atoms with Gasteiger partial charge in [0.1, 0.15) is 0 Å². The van der Waals surface area contributed by atoms with Crippen LogP contribution < -0.4 is 4.90 Å². The van der Waals surface area contributed by atoms with E-state index in [1.165, 1.54) is 4.90 Å². The Kier molecular flexibility index (Phi) is 3.63. The van der Waals surface area contributed by atoms with E-state index >= 15 is 0 Å². The van der Waals surface area contributed by atoms with Gasteiger partial charge in [0.25, 0.3) is 5.91 Å². The van der Waals surface area contributed by atoms with Crippen LogP contribution in [0, 0.1) is 26.2 Å². The number of rotatable bonds is 1. The molecule has 0 saturated carbocycles. The standard InChI is InChI=1S/C14H13IN2O2/c1-14(2)8-17(10-5-3-9(15)4-6-10)13(19)11(7-16)12(14)18/h3-6,11H,8H2,1-2H3. The highest BCUT2D eigenvalue weighted by Gasteiger charge is 2.46. The van der Waals surface area contributed by atoms with Gasteiger partial charge in [0.05, 0.1) is 6.07 Å². The number of Topliss-reactive ketones (excluding diaryl/α,β-unsaturated/α-hetero) is 1. The van der Waals surface area contributed by atoms with Crippen LogP contribution in [0.5, 0.6) is 0 Å². The average Bonchev–Trinajstić information content (AvgIpc) is 2.36. The third-order valence-corrected chi connectivity index (χ3v) is 3.98. The lowest BCUT2D eigenvalue weighted by atomic mass is 9.77. The number of nitriles is 1. The van der Waals surface area contributed by atoms with E-state index in [1.54, 1.807) is 13.8 Å². The van der Waals surface area contributed by atoms with Gasteiger partial charge in [-0.15, -0.1) is 0 Å². The molecule has 19 heavy (non-hydrogen) atoms. The van der Waals surface area contributed by atoms with E-state index in [2.05, 4.69) is 22.6 Å². The molecule has 1 aliphatic heterocycles. The number of benzene rings is 1. The lowest BCUT2D eigenvalue weighted by molar-refractivity contribution is -0.138. The molecule has 4 nitrogen and oxygen atoms in total. The third-order valence-electron chi connectivity index (χ3n) is 3.26. The Morgan fingerprint density at radius 3 is 2.42 bits per heavy atom. The molecule has 2 rings (SSSR count). The summed E-state index contributed by atoms with van der Waals surface area (Å²) in [5.41, 5.74) is 0.0309. The highest BCUT2D eigenvalue weighted by molar-refractivity contribution is 14.1. The van der Waals surface area contributed by atoms with Crippen molar-refractivity contribution in [2.24, 2.45) is 11.3 Å². The largest absolute Gasteiger partial charge is 0.310 e. The molecule has 0 spiro atoms. The molecule has 1 aromatic rings. The number of piperidine rings is 1. The van der Waals surface area contributed by atoms with Gasteiger partial charge in [0.15, 0.2) is 11.7 Å². The Labute approximate surface area is 125 Å². The Balaban J connectivity index is 2.41. The number of amides is 1. The van der Waals surface area contributed by atoms with Crippen molar-refractivity contribution in [1.29, 1.82) is 5.26 Å². The molecular weight excluding hydrogens is 355 g/mol. The minimum absolute atomic E-state index is 0.290. The summed E-state index contributed by atoms with van der Waals surface area (Å²) >= 11 is 2.18. The number of hydrogen-bond donors (Lipinski definition) is 0. The van der Waals surface area contributed by atoms with E-state index in [0.717, 1.165) is 9.26 Å². The highest BCUT2D eigenvalue weighted by Crippen LogP contribution is 2.32. The fourth-order valence-electron chi connectivity index (χ4n) is 2.16. The lowest BCUT2D eigenvalue weighted by Gasteiger charge is -2.38. The highest BCUT2D eigenvalue weighted by atomic mass is 127. The van der Waals surface area contributed by atoms with Crippen molar-refractivity contribution in [3.63, 3.8) is 0 Å². The maximum atomic E-state index is 12.2. The summed E-state index contributed by atoms with van der Waals surface area (Å²) in [6.45, 7) is 3.85. The zero-order chi connectivity index (χ0) is 14.2. The van der Waals surface area contributed by atoms with Crippen LogP contribution in [0.4, 0.5) is 5.69 Å². The van der Waals surface area contributed by atoms with Crippen LogP contribution in [0.15, 0.2) is 24.3 Å². The number of carbonyl (C=O) groups is 2. The van der Waals surface area contributed by atoms with Crippen LogP contribution in [-0.2, 0) is 9.59 Å². The molecular formula is C14H13IN2O2. The number of halogens is 1. The molecule has 0 aliphatic carbocycles. The minimum atomic E-state index is -1.19. The van der Waals surface area contributed by atoms with E-state index in [4.69, 9.17) is 5.26 Å². The van der Waals surface area contributed by atoms with Crippen molar-refractivity contribution in [3.05, 3.63) is 27.8 Å². The van der Waals surface area contributed by atoms with Gasteiger partial charge in [-0.05, 0) is 46.9 Å². The van der Waals surface area contributed by atoms with Gasteiger partial charge in [0, 0.05) is 21.2 Å². The molecule has 1 atom stereocenters. The zero-order valence-corrected chi connectivity index (χ0v) is 12.8. The number of ketones is 1. The quantitative estimate of drug-likeness (QED) is 0.565. The average molecular weight is 368 g/mol. The van der Waals surface area contributed by atoms with Crippen molar-refractivity contribution in [2.45, 2.75) is 13.8 Å². The first-order valence-electron chi connectivity index (χ1n) is 5.88. The Hall–Kier alpha value is -1.42. The van der Waals surface area contributed by atoms with Gasteiger partial charge in [-0.3, -0.25) is 9.59 Å². The molecule has 1 amide bonds. The van der Waals surface area contributed by atoms with Crippen molar-refractivity contribution >= 4 is 40.0 Å². The molecule has 1 saturated heterocycles. The van der Waals surface area contributed by atoms with Gasteiger partial charge in [0.2, 0.25) is 0 Å². The predicted octanol–water partition coefficient (Wildman–Crippen LogP) is 2.37. The van der Waals surface area contributed by atoms with Crippen molar-refractivity contribution in [2.75, 3.05) is 11.4 Å². The SMILES string of the molecule is CC1(C)CN(c2ccc(I)cc2)C(=O)C(C#N)C1=O. The van der Waals surface area contributed by atoms with Crippen molar-refractivity contribution in [1.82, 2.24) is 0 Å². The van der Waals surface area contributed by atoms with E-state index in [0.29, 0.717) is 6.54 Å². The molecule has 1 heterocycles. The molecule has 0 bridgehead atoms. The first kappa shape index (κ1) is 14.0. The van der Waals surface area contributed by atoms with E-state index in [-0.39, 0.29) is 5.78 Å². The normalized spacial score (nSPS) is 22.2. The topological polar surface area (TPSA) is 61.2 Å². The summed E-state index contributed by atoms with van der Waals surface area (Å²) in [4.78, 5) is 25.8. The lowest BCUT2D eigenvalue weighted by Crippen LogP contribution is -2.54. The second-order valence-corrected chi connectivity index (χ2v) is 6.46. The molecule has 1 aliphatic rings. The van der Waals surface area contributed by atoms with Gasteiger partial charge in [-0.25, -0.2) is 0 Å². The number of nitrogens with zero attached hydrogens (tertiary/aromatic N) is 2. The minimum Gasteiger partial charge on any atom is -0.310 e. The van der Waals surface area contributed by atoms with Gasteiger partial charge < -0.3 is 4.90 Å². The monoisotopic (exact) mass is 368 g/mol. The summed E-state index contributed by atoms with van der Waals surface area (Å²) < 4.78 is 1.07. The molecule has 0 N–H and O–H groups in total. The van der Waals surface area contributed by atoms with Gasteiger partial charge >= 0.3 is 0 Å². The molecule has 0 radical (unpaired) electrons. The second-order valence-electron chi connectivity index (χ2n) is 5.21. The van der Waals surface area contributed by atoms with Crippen LogP contribution in [0.3, 0.4) is 0 Å². The first-order valence-corrected chi connectivity index (χ1v) is 6.95. The molecule has 1 unspecified atom stereocenters. The number of hydrogen-bond acceptors (Lipinski definition) is 3. The van der Waals surface area contributed by atoms with Crippen LogP contribution in [0.1, 0.15) is 13.8 Å². The Morgan fingerprint density at radius 1 is 1.32 bits per heavy atom. The molecule has 1 aromatic carbocycles. The van der Waals surface area contributed by atoms with Crippen LogP contribution in [-0.4, -0.2) is 18.2 Å². The van der Waals surface area contributed by atoms with Crippen LogP contribution >= 0.6 is 22.6 Å². The molecule has 5 heteroatoms. The number of carbonyl (C=O) groups excluding carboxylic acids is 2. The Morgan fingerprint density at radius 2 is 1.89 bits per heavy atom. The fraction of sp³-hybridized carbons (Fsp3) is 0.357. The van der Waals surface area contributed by atoms with Crippen molar-refractivity contribution in [3.8, 4) is 6.07 Å². The summed E-state index contributed by atoms with van der Waals surface area (Å²) in [6.07, 6.45) is 0. The predicted molar refractivity (Wildman–Crippen MR) is 79.4 cm³/mol. The molecule has 98 valence electrons. The summed E-state index contributed by atoms with van der Waals surface area (Å²) in [5.74, 6) is -1.90. The van der Waals surface area contributed by atoms with E-state index in [1.807, 2.05) is 30.3 Å². The Bertz CT molecular complexity index is 572. The maximum absolute atomic E-state index is 12.2. The van der Waals surface area contributed by atoms with Gasteiger partial charge in [-0.1, -0.05) is 13.8 Å². The van der Waals surface area contributed by atoms with Crippen molar-refractivity contribution < 1.29 is 9.59 Å². The summed E-state index contributed by atoms with van der Waals surface area (Å²) in [5, 5.41) is 9.05. The summed E-state index contributed by atoms with van der Waals surface area (Å²) in [6, 6.07) is 9.29. The van der Waals surface area contributed by atoms with E-state index < -0.39 is 17.2 Å². The number of anilines is 1. The maximum Gasteiger partial charge on any atom is 0.252 e. The summed E-state index contributed by atoms with van der Waals surface area (Å²) in [7, 11) is 0. The third kappa shape index (κ3) is 2.50. The van der Waals surface area contributed by atoms with Gasteiger partial charge in [-0.2, -0.15) is 5.26 Å². The zero-order valence-electron chi connectivity index (χ0n) is 10.7. The van der Waals surface area contributed by atoms with E-state index in [9.17, 15) is 9.59 Å². The van der Waals surface area contributed by atoms with Crippen LogP contribution in [0.25, 0.3) is 0 Å².